The Morgan fingerprint density at radius 3 is 2.50 bits per heavy atom. The summed E-state index contributed by atoms with van der Waals surface area (Å²) in [6, 6.07) is 0. The zero-order chi connectivity index (χ0) is 10.9. The summed E-state index contributed by atoms with van der Waals surface area (Å²) >= 11 is 0. The number of aryl methyl sites for hydroxylation is 1. The van der Waals surface area contributed by atoms with Gasteiger partial charge < -0.3 is 10.7 Å². The fourth-order valence-corrected chi connectivity index (χ4v) is 1.23. The van der Waals surface area contributed by atoms with Crippen molar-refractivity contribution in [3.63, 3.8) is 0 Å². The molecule has 0 unspecified atom stereocenters. The summed E-state index contributed by atoms with van der Waals surface area (Å²) in [6.45, 7) is 7.39. The second-order valence-corrected chi connectivity index (χ2v) is 4.06. The van der Waals surface area contributed by atoms with Gasteiger partial charge in [0.1, 0.15) is 5.82 Å². The summed E-state index contributed by atoms with van der Waals surface area (Å²) in [4.78, 5) is 18.6. The maximum absolute atomic E-state index is 11.5. The van der Waals surface area contributed by atoms with Crippen LogP contribution < -0.4 is 11.3 Å². The third-order valence-corrected chi connectivity index (χ3v) is 2.20. The van der Waals surface area contributed by atoms with E-state index in [2.05, 4.69) is 9.97 Å². The smallest absolute Gasteiger partial charge is 0.254 e. The molecule has 0 bridgehead atoms. The van der Waals surface area contributed by atoms with Gasteiger partial charge in [-0.2, -0.15) is 0 Å². The second-order valence-electron chi connectivity index (χ2n) is 4.06. The van der Waals surface area contributed by atoms with Crippen LogP contribution in [0.2, 0.25) is 0 Å². The summed E-state index contributed by atoms with van der Waals surface area (Å²) in [5.41, 5.74) is 6.68. The van der Waals surface area contributed by atoms with Gasteiger partial charge in [-0.25, -0.2) is 4.98 Å². The van der Waals surface area contributed by atoms with E-state index in [1.165, 1.54) is 0 Å². The average molecular weight is 195 g/mol. The van der Waals surface area contributed by atoms with Gasteiger partial charge in [-0.3, -0.25) is 4.79 Å². The Kier molecular flexibility index (Phi) is 2.76. The second kappa shape index (κ2) is 3.53. The van der Waals surface area contributed by atoms with Gasteiger partial charge in [0.05, 0.1) is 11.2 Å². The number of hydrogen-bond donors (Lipinski definition) is 2. The van der Waals surface area contributed by atoms with Gasteiger partial charge in [0.25, 0.3) is 5.56 Å². The van der Waals surface area contributed by atoms with Crippen molar-refractivity contribution in [2.75, 3.05) is 0 Å². The van der Waals surface area contributed by atoms with E-state index in [9.17, 15) is 4.79 Å². The molecule has 0 radical (unpaired) electrons. The summed E-state index contributed by atoms with van der Waals surface area (Å²) in [5.74, 6) is 0.546. The molecule has 1 heterocycles. The highest BCUT2D eigenvalue weighted by molar-refractivity contribution is 5.18. The molecule has 0 aliphatic rings. The van der Waals surface area contributed by atoms with Crippen molar-refractivity contribution < 1.29 is 0 Å². The van der Waals surface area contributed by atoms with Gasteiger partial charge in [-0.15, -0.1) is 0 Å². The summed E-state index contributed by atoms with van der Waals surface area (Å²) in [7, 11) is 0. The minimum absolute atomic E-state index is 0.0922. The van der Waals surface area contributed by atoms with Crippen LogP contribution in [-0.4, -0.2) is 9.97 Å². The molecule has 0 saturated heterocycles. The summed E-state index contributed by atoms with van der Waals surface area (Å²) < 4.78 is 0. The lowest BCUT2D eigenvalue weighted by molar-refractivity contribution is 0.507. The predicted octanol–water partition coefficient (Wildman–Crippen LogP) is 0.835. The average Bonchev–Trinajstić information content (AvgIpc) is 2.07. The lowest BCUT2D eigenvalue weighted by Gasteiger charge is -2.18. The molecule has 0 aromatic carbocycles. The number of hydrogen-bond acceptors (Lipinski definition) is 3. The largest absolute Gasteiger partial charge is 0.319 e. The number of H-pyrrole nitrogens is 1. The highest BCUT2D eigenvalue weighted by Gasteiger charge is 2.18. The van der Waals surface area contributed by atoms with Crippen LogP contribution in [0.5, 0.6) is 0 Å². The molecule has 4 heteroatoms. The van der Waals surface area contributed by atoms with E-state index in [0.717, 1.165) is 12.1 Å². The van der Waals surface area contributed by atoms with Crippen LogP contribution in [-0.2, 0) is 12.0 Å². The van der Waals surface area contributed by atoms with Gasteiger partial charge in [-0.1, -0.05) is 6.92 Å². The summed E-state index contributed by atoms with van der Waals surface area (Å²) in [5, 5.41) is 0. The molecular formula is C10H17N3O. The lowest BCUT2D eigenvalue weighted by Crippen LogP contribution is -2.34. The molecule has 4 nitrogen and oxygen atoms in total. The highest BCUT2D eigenvalue weighted by atomic mass is 16.1. The normalized spacial score (nSPS) is 11.8. The van der Waals surface area contributed by atoms with Gasteiger partial charge in [0.15, 0.2) is 0 Å². The quantitative estimate of drug-likeness (QED) is 0.734. The number of nitrogens with two attached hydrogens (primary N) is 1. The maximum atomic E-state index is 11.5. The van der Waals surface area contributed by atoms with Gasteiger partial charge >= 0.3 is 0 Å². The molecule has 3 N–H and O–H groups in total. The summed E-state index contributed by atoms with van der Waals surface area (Å²) in [6.07, 6.45) is 0.749. The van der Waals surface area contributed by atoms with E-state index in [-0.39, 0.29) is 5.56 Å². The molecule has 14 heavy (non-hydrogen) atoms. The van der Waals surface area contributed by atoms with Crippen LogP contribution in [0.15, 0.2) is 4.79 Å². The molecule has 0 fully saturated rings. The van der Waals surface area contributed by atoms with Crippen LogP contribution in [0, 0.1) is 6.92 Å². The Balaban J connectivity index is 3.38. The van der Waals surface area contributed by atoms with Crippen LogP contribution >= 0.6 is 0 Å². The van der Waals surface area contributed by atoms with Crippen LogP contribution in [0.1, 0.15) is 37.9 Å². The van der Waals surface area contributed by atoms with Gasteiger partial charge in [-0.05, 0) is 27.2 Å². The van der Waals surface area contributed by atoms with Crippen LogP contribution in [0.3, 0.4) is 0 Å². The molecule has 78 valence electrons. The SMILES string of the molecule is CCc1nc(C(C)(C)N)[nH]c(=O)c1C. The topological polar surface area (TPSA) is 71.8 Å². The number of nitrogens with one attached hydrogen (secondary N) is 1. The van der Waals surface area contributed by atoms with Crippen molar-refractivity contribution >= 4 is 0 Å². The number of aromatic amines is 1. The Bertz CT molecular complexity index is 387. The fraction of sp³-hybridized carbons (Fsp3) is 0.600. The first-order valence-electron chi connectivity index (χ1n) is 4.75. The van der Waals surface area contributed by atoms with E-state index in [1.54, 1.807) is 6.92 Å². The predicted molar refractivity (Wildman–Crippen MR) is 56.2 cm³/mol. The molecule has 1 aromatic rings. The fourth-order valence-electron chi connectivity index (χ4n) is 1.23. The minimum Gasteiger partial charge on any atom is -0.319 e. The third kappa shape index (κ3) is 2.01. The monoisotopic (exact) mass is 195 g/mol. The Labute approximate surface area is 83.6 Å². The van der Waals surface area contributed by atoms with Crippen LogP contribution in [0.25, 0.3) is 0 Å². The van der Waals surface area contributed by atoms with E-state index < -0.39 is 5.54 Å². The van der Waals surface area contributed by atoms with Crippen molar-refractivity contribution in [1.82, 2.24) is 9.97 Å². The molecule has 1 aromatic heterocycles. The van der Waals surface area contributed by atoms with E-state index >= 15 is 0 Å². The van der Waals surface area contributed by atoms with Crippen molar-refractivity contribution in [1.29, 1.82) is 0 Å². The number of aromatic nitrogens is 2. The third-order valence-electron chi connectivity index (χ3n) is 2.20. The van der Waals surface area contributed by atoms with Crippen molar-refractivity contribution in [3.8, 4) is 0 Å². The number of rotatable bonds is 2. The van der Waals surface area contributed by atoms with E-state index in [4.69, 9.17) is 5.73 Å². The zero-order valence-corrected chi connectivity index (χ0v) is 9.14. The van der Waals surface area contributed by atoms with Crippen LogP contribution in [0.4, 0.5) is 0 Å². The number of nitrogens with zero attached hydrogens (tertiary/aromatic N) is 1. The molecule has 0 amide bonds. The van der Waals surface area contributed by atoms with E-state index in [0.29, 0.717) is 11.4 Å². The lowest BCUT2D eigenvalue weighted by atomic mass is 10.1. The van der Waals surface area contributed by atoms with Crippen molar-refractivity contribution in [2.45, 2.75) is 39.7 Å². The first-order valence-corrected chi connectivity index (χ1v) is 4.75. The molecule has 0 spiro atoms. The van der Waals surface area contributed by atoms with Crippen molar-refractivity contribution in [2.24, 2.45) is 5.73 Å². The zero-order valence-electron chi connectivity index (χ0n) is 9.14. The molecule has 0 saturated carbocycles. The van der Waals surface area contributed by atoms with Crippen molar-refractivity contribution in [3.05, 3.63) is 27.4 Å². The maximum Gasteiger partial charge on any atom is 0.254 e. The Hall–Kier alpha value is -1.16. The molecule has 0 atom stereocenters. The van der Waals surface area contributed by atoms with E-state index in [1.807, 2.05) is 20.8 Å². The Morgan fingerprint density at radius 1 is 1.50 bits per heavy atom. The molecular weight excluding hydrogens is 178 g/mol. The minimum atomic E-state index is -0.600. The molecule has 0 aliphatic carbocycles. The first-order chi connectivity index (χ1) is 6.36. The van der Waals surface area contributed by atoms with Gasteiger partial charge in [0.2, 0.25) is 0 Å². The van der Waals surface area contributed by atoms with Gasteiger partial charge in [0, 0.05) is 5.56 Å². The molecule has 0 aliphatic heterocycles. The Morgan fingerprint density at radius 2 is 2.07 bits per heavy atom. The molecule has 1 rings (SSSR count). The highest BCUT2D eigenvalue weighted by Crippen LogP contribution is 2.11. The first kappa shape index (κ1) is 10.9. The standard InChI is InChI=1S/C10H17N3O/c1-5-7-6(2)8(14)13-9(12-7)10(3,4)11/h5,11H2,1-4H3,(H,12,13,14).